The molecular weight excluding hydrogens is 328 g/mol. The molecular formula is C20H24N4O2. The predicted molar refractivity (Wildman–Crippen MR) is 100 cm³/mol. The second-order valence-corrected chi connectivity index (χ2v) is 7.41. The number of carbonyl (C=O) groups is 2. The molecule has 6 nitrogen and oxygen atoms in total. The van der Waals surface area contributed by atoms with Crippen molar-refractivity contribution in [2.45, 2.75) is 39.5 Å². The van der Waals surface area contributed by atoms with Gasteiger partial charge >= 0.3 is 0 Å². The fourth-order valence-corrected chi connectivity index (χ4v) is 3.92. The molecule has 2 amide bonds. The number of hydrogen-bond acceptors (Lipinski definition) is 3. The van der Waals surface area contributed by atoms with Crippen LogP contribution in [0.2, 0.25) is 0 Å². The van der Waals surface area contributed by atoms with E-state index < -0.39 is 0 Å². The van der Waals surface area contributed by atoms with Crippen molar-refractivity contribution in [2.24, 2.45) is 13.0 Å². The van der Waals surface area contributed by atoms with Gasteiger partial charge in [0.1, 0.15) is 5.82 Å². The van der Waals surface area contributed by atoms with Crippen LogP contribution in [0.15, 0.2) is 18.2 Å². The van der Waals surface area contributed by atoms with Crippen molar-refractivity contribution in [1.82, 2.24) is 9.78 Å². The minimum atomic E-state index is -0.337. The number of rotatable bonds is 3. The van der Waals surface area contributed by atoms with Crippen molar-refractivity contribution >= 4 is 23.3 Å². The van der Waals surface area contributed by atoms with Gasteiger partial charge in [0.2, 0.25) is 11.8 Å². The normalized spacial score (nSPS) is 19.1. The van der Waals surface area contributed by atoms with Crippen LogP contribution in [0.4, 0.5) is 11.5 Å². The van der Waals surface area contributed by atoms with Crippen LogP contribution < -0.4 is 10.2 Å². The van der Waals surface area contributed by atoms with E-state index in [4.69, 9.17) is 0 Å². The molecule has 2 aliphatic rings. The average molecular weight is 352 g/mol. The summed E-state index contributed by atoms with van der Waals surface area (Å²) in [5.74, 6) is 0.363. The summed E-state index contributed by atoms with van der Waals surface area (Å²) in [5, 5.41) is 7.52. The number of amides is 2. The number of carbonyl (C=O) groups excluding carboxylic acids is 2. The topological polar surface area (TPSA) is 67.2 Å². The first-order valence-corrected chi connectivity index (χ1v) is 9.17. The maximum absolute atomic E-state index is 12.8. The Bertz CT molecular complexity index is 899. The summed E-state index contributed by atoms with van der Waals surface area (Å²) in [6.45, 7) is 4.51. The average Bonchev–Trinajstić information content (AvgIpc) is 3.27. The molecule has 0 saturated carbocycles. The molecule has 1 fully saturated rings. The third-order valence-electron chi connectivity index (χ3n) is 5.61. The highest BCUT2D eigenvalue weighted by molar-refractivity contribution is 6.03. The molecule has 6 heteroatoms. The molecule has 26 heavy (non-hydrogen) atoms. The molecule has 2 aromatic rings. The molecule has 0 radical (unpaired) electrons. The van der Waals surface area contributed by atoms with Crippen LogP contribution in [-0.2, 0) is 29.5 Å². The zero-order valence-electron chi connectivity index (χ0n) is 15.5. The molecule has 1 aromatic carbocycles. The van der Waals surface area contributed by atoms with Gasteiger partial charge in [0, 0.05) is 31.3 Å². The standard InChI is InChI=1S/C20H24N4O2/c1-12-7-8-15(9-13(12)2)24-11-14(10-18(24)25)20(26)21-19-16-5-4-6-17(16)22-23(19)3/h7-9,14H,4-6,10-11H2,1-3H3,(H,21,26). The number of nitrogens with zero attached hydrogens (tertiary/aromatic N) is 3. The molecule has 1 N–H and O–H groups in total. The molecule has 4 rings (SSSR count). The molecule has 1 saturated heterocycles. The van der Waals surface area contributed by atoms with Gasteiger partial charge in [0.15, 0.2) is 0 Å². The van der Waals surface area contributed by atoms with Gasteiger partial charge in [-0.1, -0.05) is 6.07 Å². The lowest BCUT2D eigenvalue weighted by molar-refractivity contribution is -0.122. The van der Waals surface area contributed by atoms with Crippen molar-refractivity contribution < 1.29 is 9.59 Å². The SMILES string of the molecule is Cc1ccc(N2CC(C(=O)Nc3c4c(nn3C)CCC4)CC2=O)cc1C. The highest BCUT2D eigenvalue weighted by Gasteiger charge is 2.36. The number of anilines is 2. The van der Waals surface area contributed by atoms with Crippen molar-refractivity contribution in [3.8, 4) is 0 Å². The first-order valence-electron chi connectivity index (χ1n) is 9.17. The molecule has 1 unspecified atom stereocenters. The minimum Gasteiger partial charge on any atom is -0.312 e. The second-order valence-electron chi connectivity index (χ2n) is 7.41. The second kappa shape index (κ2) is 6.27. The maximum atomic E-state index is 12.8. The third-order valence-corrected chi connectivity index (χ3v) is 5.61. The van der Waals surface area contributed by atoms with Crippen LogP contribution in [0, 0.1) is 19.8 Å². The minimum absolute atomic E-state index is 0.00337. The van der Waals surface area contributed by atoms with E-state index in [0.717, 1.165) is 47.6 Å². The molecule has 1 aliphatic heterocycles. The summed E-state index contributed by atoms with van der Waals surface area (Å²) >= 11 is 0. The summed E-state index contributed by atoms with van der Waals surface area (Å²) in [6.07, 6.45) is 3.27. The molecule has 136 valence electrons. The van der Waals surface area contributed by atoms with Crippen molar-refractivity contribution in [3.05, 3.63) is 40.6 Å². The number of hydrogen-bond donors (Lipinski definition) is 1. The van der Waals surface area contributed by atoms with Gasteiger partial charge in [-0.15, -0.1) is 0 Å². The number of fused-ring (bicyclic) bond motifs is 1. The van der Waals surface area contributed by atoms with E-state index in [1.54, 1.807) is 9.58 Å². The summed E-state index contributed by atoms with van der Waals surface area (Å²) in [6, 6.07) is 5.99. The Morgan fingerprint density at radius 3 is 2.81 bits per heavy atom. The van der Waals surface area contributed by atoms with Gasteiger partial charge in [-0.05, 0) is 56.4 Å². The summed E-state index contributed by atoms with van der Waals surface area (Å²) < 4.78 is 1.75. The smallest absolute Gasteiger partial charge is 0.230 e. The predicted octanol–water partition coefficient (Wildman–Crippen LogP) is 2.52. The van der Waals surface area contributed by atoms with Gasteiger partial charge in [-0.2, -0.15) is 5.10 Å². The van der Waals surface area contributed by atoms with Crippen LogP contribution in [0.1, 0.15) is 35.2 Å². The van der Waals surface area contributed by atoms with Gasteiger partial charge in [-0.3, -0.25) is 14.3 Å². The highest BCUT2D eigenvalue weighted by atomic mass is 16.2. The van der Waals surface area contributed by atoms with E-state index in [9.17, 15) is 9.59 Å². The molecule has 1 aromatic heterocycles. The molecule has 0 spiro atoms. The Labute approximate surface area is 153 Å². The number of nitrogens with one attached hydrogen (secondary N) is 1. The Balaban J connectivity index is 1.50. The fraction of sp³-hybridized carbons (Fsp3) is 0.450. The van der Waals surface area contributed by atoms with E-state index in [1.165, 1.54) is 5.56 Å². The summed E-state index contributed by atoms with van der Waals surface area (Å²) in [5.41, 5.74) is 5.45. The van der Waals surface area contributed by atoms with Crippen molar-refractivity contribution in [3.63, 3.8) is 0 Å². The van der Waals surface area contributed by atoms with Gasteiger partial charge in [0.25, 0.3) is 0 Å². The quantitative estimate of drug-likeness (QED) is 0.923. The Morgan fingerprint density at radius 2 is 2.04 bits per heavy atom. The number of aryl methyl sites for hydroxylation is 4. The molecule has 0 bridgehead atoms. The molecule has 1 aliphatic carbocycles. The van der Waals surface area contributed by atoms with E-state index in [-0.39, 0.29) is 24.2 Å². The van der Waals surface area contributed by atoms with E-state index in [1.807, 2.05) is 39.1 Å². The maximum Gasteiger partial charge on any atom is 0.230 e. The summed E-state index contributed by atoms with van der Waals surface area (Å²) in [7, 11) is 1.86. The van der Waals surface area contributed by atoms with Crippen LogP contribution in [0.5, 0.6) is 0 Å². The van der Waals surface area contributed by atoms with E-state index in [0.29, 0.717) is 6.54 Å². The Kier molecular flexibility index (Phi) is 4.05. The van der Waals surface area contributed by atoms with Gasteiger partial charge in [-0.25, -0.2) is 0 Å². The number of benzene rings is 1. The van der Waals surface area contributed by atoms with Crippen LogP contribution >= 0.6 is 0 Å². The Hall–Kier alpha value is -2.63. The largest absolute Gasteiger partial charge is 0.312 e. The fourth-order valence-electron chi connectivity index (χ4n) is 3.92. The lowest BCUT2D eigenvalue weighted by Gasteiger charge is -2.18. The van der Waals surface area contributed by atoms with Crippen molar-refractivity contribution in [2.75, 3.05) is 16.8 Å². The lowest BCUT2D eigenvalue weighted by Crippen LogP contribution is -2.28. The van der Waals surface area contributed by atoms with Gasteiger partial charge < -0.3 is 10.2 Å². The Morgan fingerprint density at radius 1 is 1.23 bits per heavy atom. The van der Waals surface area contributed by atoms with Gasteiger partial charge in [0.05, 0.1) is 11.6 Å². The first kappa shape index (κ1) is 16.8. The molecule has 2 heterocycles. The first-order chi connectivity index (χ1) is 12.4. The third kappa shape index (κ3) is 2.79. The lowest BCUT2D eigenvalue weighted by atomic mass is 10.1. The van der Waals surface area contributed by atoms with Crippen LogP contribution in [0.3, 0.4) is 0 Å². The van der Waals surface area contributed by atoms with E-state index in [2.05, 4.69) is 10.4 Å². The zero-order valence-corrected chi connectivity index (χ0v) is 15.5. The van der Waals surface area contributed by atoms with Crippen LogP contribution in [0.25, 0.3) is 0 Å². The zero-order chi connectivity index (χ0) is 18.4. The van der Waals surface area contributed by atoms with Crippen LogP contribution in [-0.4, -0.2) is 28.1 Å². The van der Waals surface area contributed by atoms with E-state index >= 15 is 0 Å². The van der Waals surface area contributed by atoms with Crippen molar-refractivity contribution in [1.29, 1.82) is 0 Å². The highest BCUT2D eigenvalue weighted by Crippen LogP contribution is 2.30. The number of aromatic nitrogens is 2. The molecule has 1 atom stereocenters. The summed E-state index contributed by atoms with van der Waals surface area (Å²) in [4.78, 5) is 27.0. The monoisotopic (exact) mass is 352 g/mol.